The Morgan fingerprint density at radius 3 is 2.67 bits per heavy atom. The molecule has 0 bridgehead atoms. The number of anilines is 2. The zero-order chi connectivity index (χ0) is 24.9. The van der Waals surface area contributed by atoms with Crippen molar-refractivity contribution in [2.75, 3.05) is 21.5 Å². The van der Waals surface area contributed by atoms with Crippen LogP contribution in [0.1, 0.15) is 29.5 Å². The van der Waals surface area contributed by atoms with Gasteiger partial charge in [0.05, 0.1) is 21.6 Å². The summed E-state index contributed by atoms with van der Waals surface area (Å²) in [4.78, 5) is 0.195. The van der Waals surface area contributed by atoms with Crippen LogP contribution < -0.4 is 14.8 Å². The lowest BCUT2D eigenvalue weighted by molar-refractivity contribution is 0.240. The lowest BCUT2D eigenvalue weighted by Gasteiger charge is -2.38. The Labute approximate surface area is 225 Å². The third kappa shape index (κ3) is 4.58. The summed E-state index contributed by atoms with van der Waals surface area (Å²) in [6, 6.07) is 18.4. The first kappa shape index (κ1) is 24.0. The van der Waals surface area contributed by atoms with Gasteiger partial charge in [-0.15, -0.1) is 0 Å². The van der Waals surface area contributed by atoms with E-state index in [1.54, 1.807) is 24.3 Å². The second-order valence-electron chi connectivity index (χ2n) is 9.30. The Morgan fingerprint density at radius 2 is 1.89 bits per heavy atom. The van der Waals surface area contributed by atoms with Gasteiger partial charge in [0.15, 0.2) is 0 Å². The molecule has 3 aromatic rings. The number of sulfonamides is 1. The molecule has 6 rings (SSSR count). The quantitative estimate of drug-likeness (QED) is 0.315. The minimum absolute atomic E-state index is 0.102. The molecule has 1 saturated heterocycles. The van der Waals surface area contributed by atoms with E-state index in [1.165, 1.54) is 11.6 Å². The maximum Gasteiger partial charge on any atom is 0.261 e. The van der Waals surface area contributed by atoms with Gasteiger partial charge < -0.3 is 10.1 Å². The Morgan fingerprint density at radius 1 is 1.03 bits per heavy atom. The molecular weight excluding hydrogens is 535 g/mol. The minimum atomic E-state index is -3.84. The molecule has 186 valence electrons. The molecule has 0 saturated carbocycles. The second-order valence-corrected chi connectivity index (χ2v) is 12.9. The van der Waals surface area contributed by atoms with E-state index in [-0.39, 0.29) is 27.8 Å². The largest absolute Gasteiger partial charge is 0.489 e. The molecule has 5 nitrogen and oxygen atoms in total. The van der Waals surface area contributed by atoms with E-state index in [1.807, 2.05) is 30.0 Å². The van der Waals surface area contributed by atoms with Gasteiger partial charge in [0, 0.05) is 28.1 Å². The smallest absolute Gasteiger partial charge is 0.261 e. The highest BCUT2D eigenvalue weighted by molar-refractivity contribution is 8.00. The molecule has 1 fully saturated rings. The summed E-state index contributed by atoms with van der Waals surface area (Å²) in [6.07, 6.45) is 5.60. The van der Waals surface area contributed by atoms with Gasteiger partial charge in [-0.2, -0.15) is 11.8 Å². The van der Waals surface area contributed by atoms with Gasteiger partial charge >= 0.3 is 0 Å². The summed E-state index contributed by atoms with van der Waals surface area (Å²) < 4.78 is 35.1. The van der Waals surface area contributed by atoms with E-state index in [9.17, 15) is 8.42 Å². The zero-order valence-electron chi connectivity index (χ0n) is 19.2. The van der Waals surface area contributed by atoms with Crippen molar-refractivity contribution in [3.8, 4) is 5.75 Å². The summed E-state index contributed by atoms with van der Waals surface area (Å²) in [5, 5.41) is 4.37. The number of benzene rings is 3. The van der Waals surface area contributed by atoms with E-state index in [2.05, 4.69) is 34.3 Å². The fourth-order valence-corrected chi connectivity index (χ4v) is 7.29. The number of allylic oxidation sites excluding steroid dienone is 2. The predicted octanol–water partition coefficient (Wildman–Crippen LogP) is 7.11. The average molecular weight is 560 g/mol. The number of hydrogen-bond donors (Lipinski definition) is 2. The van der Waals surface area contributed by atoms with Gasteiger partial charge in [-0.1, -0.05) is 47.5 Å². The number of thioether (sulfide) groups is 1. The summed E-state index contributed by atoms with van der Waals surface area (Å²) >= 11 is 14.0. The number of nitrogens with one attached hydrogen (secondary N) is 2. The molecule has 0 unspecified atom stereocenters. The first-order chi connectivity index (χ1) is 17.4. The lowest BCUT2D eigenvalue weighted by atomic mass is 9.77. The van der Waals surface area contributed by atoms with E-state index in [4.69, 9.17) is 27.9 Å². The number of hydrogen-bond acceptors (Lipinski definition) is 5. The molecule has 0 radical (unpaired) electrons. The molecule has 1 aliphatic carbocycles. The molecule has 2 heterocycles. The second kappa shape index (κ2) is 9.53. The van der Waals surface area contributed by atoms with E-state index in [0.717, 1.165) is 34.9 Å². The fourth-order valence-electron chi connectivity index (χ4n) is 5.10. The van der Waals surface area contributed by atoms with Crippen LogP contribution in [0, 0.1) is 5.92 Å². The van der Waals surface area contributed by atoms with Gasteiger partial charge in [0.2, 0.25) is 0 Å². The van der Waals surface area contributed by atoms with Gasteiger partial charge in [-0.25, -0.2) is 8.42 Å². The predicted molar refractivity (Wildman–Crippen MR) is 148 cm³/mol. The highest BCUT2D eigenvalue weighted by Crippen LogP contribution is 2.50. The number of ether oxygens (including phenoxy) is 1. The Bertz CT molecular complexity index is 1460. The summed E-state index contributed by atoms with van der Waals surface area (Å²) in [5.74, 6) is 3.38. The Hall–Kier alpha value is -2.32. The summed E-state index contributed by atoms with van der Waals surface area (Å²) in [7, 11) is -3.84. The van der Waals surface area contributed by atoms with Gasteiger partial charge in [-0.3, -0.25) is 4.72 Å². The first-order valence-corrected chi connectivity index (χ1v) is 15.2. The molecule has 2 N–H and O–H groups in total. The van der Waals surface area contributed by atoms with E-state index in [0.29, 0.717) is 16.8 Å². The zero-order valence-corrected chi connectivity index (χ0v) is 22.3. The van der Waals surface area contributed by atoms with Crippen molar-refractivity contribution >= 4 is 56.4 Å². The molecular formula is C27H24Cl2N2O3S2. The molecule has 3 atom stereocenters. The van der Waals surface area contributed by atoms with E-state index < -0.39 is 10.0 Å². The van der Waals surface area contributed by atoms with Crippen LogP contribution in [0.15, 0.2) is 77.7 Å². The SMILES string of the molecule is O=S(=O)(Nc1ccc(Cl)cc1Cl)c1ccc2c(c1)[C@H]1C=CC[C@H]1[C@@H](c1cccc(OC3CSC3)c1)N2. The fraction of sp³-hybridized carbons (Fsp3) is 0.259. The van der Waals surface area contributed by atoms with Gasteiger partial charge in [0.25, 0.3) is 10.0 Å². The van der Waals surface area contributed by atoms with Crippen molar-refractivity contribution < 1.29 is 13.2 Å². The molecule has 0 aromatic heterocycles. The third-order valence-electron chi connectivity index (χ3n) is 6.95. The van der Waals surface area contributed by atoms with Crippen LogP contribution in [0.4, 0.5) is 11.4 Å². The average Bonchev–Trinajstić information content (AvgIpc) is 3.33. The van der Waals surface area contributed by atoms with E-state index >= 15 is 0 Å². The van der Waals surface area contributed by atoms with Crippen LogP contribution in [0.25, 0.3) is 0 Å². The van der Waals surface area contributed by atoms with Gasteiger partial charge in [0.1, 0.15) is 11.9 Å². The van der Waals surface area contributed by atoms with Crippen LogP contribution in [0.5, 0.6) is 5.75 Å². The maximum atomic E-state index is 13.2. The Balaban J connectivity index is 1.29. The molecule has 0 spiro atoms. The van der Waals surface area contributed by atoms with Crippen LogP contribution in [0.2, 0.25) is 10.0 Å². The number of rotatable bonds is 6. The molecule has 0 amide bonds. The normalized spacial score (nSPS) is 22.8. The molecule has 9 heteroatoms. The first-order valence-electron chi connectivity index (χ1n) is 11.8. The highest BCUT2D eigenvalue weighted by Gasteiger charge is 2.38. The minimum Gasteiger partial charge on any atom is -0.489 e. The topological polar surface area (TPSA) is 67.4 Å². The summed E-state index contributed by atoms with van der Waals surface area (Å²) in [6.45, 7) is 0. The Kier molecular flexibility index (Phi) is 6.36. The number of halogens is 2. The van der Waals surface area contributed by atoms with Crippen molar-refractivity contribution in [1.82, 2.24) is 0 Å². The van der Waals surface area contributed by atoms with Crippen molar-refractivity contribution in [3.63, 3.8) is 0 Å². The monoisotopic (exact) mass is 558 g/mol. The molecule has 3 aliphatic rings. The van der Waals surface area contributed by atoms with Crippen LogP contribution in [-0.2, 0) is 10.0 Å². The van der Waals surface area contributed by atoms with Crippen molar-refractivity contribution in [2.24, 2.45) is 5.92 Å². The maximum absolute atomic E-state index is 13.2. The molecule has 2 aliphatic heterocycles. The lowest BCUT2D eigenvalue weighted by Crippen LogP contribution is -2.31. The van der Waals surface area contributed by atoms with Crippen LogP contribution in [-0.4, -0.2) is 26.0 Å². The van der Waals surface area contributed by atoms with Crippen LogP contribution >= 0.6 is 35.0 Å². The van der Waals surface area contributed by atoms with Crippen molar-refractivity contribution in [3.05, 3.63) is 94.0 Å². The summed E-state index contributed by atoms with van der Waals surface area (Å²) in [5.41, 5.74) is 3.39. The number of fused-ring (bicyclic) bond motifs is 3. The van der Waals surface area contributed by atoms with Crippen molar-refractivity contribution in [2.45, 2.75) is 29.4 Å². The molecule has 3 aromatic carbocycles. The van der Waals surface area contributed by atoms with Gasteiger partial charge in [-0.05, 0) is 72.0 Å². The molecule has 36 heavy (non-hydrogen) atoms. The third-order valence-corrected chi connectivity index (χ3v) is 10.1. The standard InChI is InChI=1S/C27H24Cl2N2O3S2/c28-17-7-9-26(24(29)12-17)31-36(32,33)20-8-10-25-23(13-20)21-5-2-6-22(21)27(30-25)16-3-1-4-18(11-16)34-19-14-35-15-19/h1-5,7-13,19,21-22,27,30-31H,6,14-15H2/t21-,22+,27+/m0/s1. The highest BCUT2D eigenvalue weighted by atomic mass is 35.5. The van der Waals surface area contributed by atoms with Crippen LogP contribution in [0.3, 0.4) is 0 Å². The van der Waals surface area contributed by atoms with Crippen molar-refractivity contribution in [1.29, 1.82) is 0 Å².